The molecule has 0 N–H and O–H groups in total. The zero-order valence-electron chi connectivity index (χ0n) is 21.7. The maximum atomic E-state index is 12.4. The summed E-state index contributed by atoms with van der Waals surface area (Å²) in [5.74, 6) is 0.813. The van der Waals surface area contributed by atoms with Gasteiger partial charge >= 0.3 is 6.09 Å². The Hall–Kier alpha value is -1.58. The molecule has 3 rings (SSSR count). The van der Waals surface area contributed by atoms with Gasteiger partial charge in [0.25, 0.3) is 0 Å². The largest absolute Gasteiger partial charge is 0.492 e. The molecule has 0 atom stereocenters. The molecule has 0 saturated carbocycles. The van der Waals surface area contributed by atoms with E-state index < -0.39 is 13.7 Å². The van der Waals surface area contributed by atoms with Crippen molar-refractivity contribution in [2.75, 3.05) is 26.3 Å². The second-order valence-electron chi connectivity index (χ2n) is 11.9. The number of rotatable bonds is 8. The summed E-state index contributed by atoms with van der Waals surface area (Å²) in [5.41, 5.74) is 0.363. The quantitative estimate of drug-likeness (QED) is 0.274. The molecule has 191 valence electrons. The number of amides is 1. The Morgan fingerprint density at radius 1 is 1.24 bits per heavy atom. The summed E-state index contributed by atoms with van der Waals surface area (Å²) in [4.78, 5) is 18.8. The maximum Gasteiger partial charge on any atom is 0.410 e. The van der Waals surface area contributed by atoms with E-state index in [1.807, 2.05) is 37.6 Å². The van der Waals surface area contributed by atoms with Crippen molar-refractivity contribution < 1.29 is 19.0 Å². The smallest absolute Gasteiger partial charge is 0.410 e. The molecule has 1 fully saturated rings. The van der Waals surface area contributed by atoms with E-state index >= 15 is 0 Å². The molecule has 1 amide bonds. The van der Waals surface area contributed by atoms with Crippen molar-refractivity contribution >= 4 is 41.1 Å². The lowest BCUT2D eigenvalue weighted by atomic mass is 9.81. The van der Waals surface area contributed by atoms with Crippen LogP contribution in [0.1, 0.15) is 40.5 Å². The van der Waals surface area contributed by atoms with E-state index in [0.717, 1.165) is 46.7 Å². The van der Waals surface area contributed by atoms with Crippen LogP contribution in [0.25, 0.3) is 11.0 Å². The summed E-state index contributed by atoms with van der Waals surface area (Å²) < 4.78 is 20.8. The number of pyridine rings is 1. The lowest BCUT2D eigenvalue weighted by Crippen LogP contribution is -2.46. The minimum atomic E-state index is -1.12. The standard InChI is InChI=1S/C25H40BrN3O4Si/c1-24(2,3)33-23(30)28-12-9-25(4,10-13-28)17-32-20-8-11-27-22-21(20)19(26)16-29(22)18-31-14-15-34(5,6)7/h8,11,16H,9-10,12-15,17-18H2,1-7H3/q-1. The van der Waals surface area contributed by atoms with Crippen LogP contribution in [0.2, 0.25) is 25.7 Å². The molecule has 0 bridgehead atoms. The molecule has 1 saturated heterocycles. The van der Waals surface area contributed by atoms with Crippen LogP contribution in [-0.4, -0.2) is 60.5 Å². The lowest BCUT2D eigenvalue weighted by Gasteiger charge is -2.39. The average molecular weight is 555 g/mol. The number of nitrogens with zero attached hydrogens (tertiary/aromatic N) is 3. The Balaban J connectivity index is 1.60. The number of ether oxygens (including phenoxy) is 3. The predicted molar refractivity (Wildman–Crippen MR) is 142 cm³/mol. The fraction of sp³-hybridized carbons (Fsp3) is 0.680. The number of halogens is 1. The first kappa shape index (κ1) is 27.0. The van der Waals surface area contributed by atoms with Crippen LogP contribution in [0.5, 0.6) is 5.75 Å². The molecule has 0 aliphatic carbocycles. The van der Waals surface area contributed by atoms with Gasteiger partial charge in [-0.2, -0.15) is 19.6 Å². The molecule has 0 spiro atoms. The zero-order valence-corrected chi connectivity index (χ0v) is 24.3. The third-order valence-electron chi connectivity index (χ3n) is 6.10. The number of carbonyl (C=O) groups is 1. The van der Waals surface area contributed by atoms with Gasteiger partial charge in [-0.15, -0.1) is 14.1 Å². The van der Waals surface area contributed by atoms with Gasteiger partial charge in [0, 0.05) is 42.0 Å². The molecule has 2 aromatic heterocycles. The minimum Gasteiger partial charge on any atom is -0.492 e. The molecule has 9 heteroatoms. The molecular weight excluding hydrogens is 514 g/mol. The van der Waals surface area contributed by atoms with Crippen molar-refractivity contribution in [2.45, 2.75) is 78.6 Å². The molecule has 0 unspecified atom stereocenters. The Bertz CT molecular complexity index is 988. The van der Waals surface area contributed by atoms with Gasteiger partial charge in [0.2, 0.25) is 0 Å². The molecule has 34 heavy (non-hydrogen) atoms. The number of likely N-dealkylation sites (tertiary alicyclic amines) is 1. The maximum absolute atomic E-state index is 12.4. The van der Waals surface area contributed by atoms with Gasteiger partial charge in [-0.3, -0.25) is 0 Å². The Labute approximate surface area is 213 Å². The van der Waals surface area contributed by atoms with Crippen molar-refractivity contribution in [2.24, 2.45) is 5.41 Å². The number of hydrogen-bond donors (Lipinski definition) is 0. The van der Waals surface area contributed by atoms with Gasteiger partial charge in [0.05, 0.1) is 12.0 Å². The molecule has 2 aromatic rings. The van der Waals surface area contributed by atoms with Crippen LogP contribution < -0.4 is 4.74 Å². The summed E-state index contributed by atoms with van der Waals surface area (Å²) >= 11 is 3.69. The van der Waals surface area contributed by atoms with Gasteiger partial charge in [-0.1, -0.05) is 6.92 Å². The number of hydrogen-bond acceptors (Lipinski definition) is 5. The molecule has 7 nitrogen and oxygen atoms in total. The van der Waals surface area contributed by atoms with E-state index in [-0.39, 0.29) is 11.5 Å². The van der Waals surface area contributed by atoms with Gasteiger partial charge in [0.1, 0.15) is 23.7 Å². The van der Waals surface area contributed by atoms with Crippen LogP contribution in [0, 0.1) is 5.41 Å². The SMILES string of the molecule is CC1(COc2ccnc3c2c(Br)cn3COCC[Si-](C)(C)C)CCN(C(=O)OC(C)(C)C)CC1. The zero-order chi connectivity index (χ0) is 25.1. The molecule has 3 heterocycles. The summed E-state index contributed by atoms with van der Waals surface area (Å²) in [6.45, 7) is 18.1. The highest BCUT2D eigenvalue weighted by molar-refractivity contribution is 9.10. The second kappa shape index (κ2) is 10.6. The van der Waals surface area contributed by atoms with E-state index in [2.05, 4.69) is 47.5 Å². The van der Waals surface area contributed by atoms with Crippen LogP contribution in [0.3, 0.4) is 0 Å². The van der Waals surface area contributed by atoms with Gasteiger partial charge < -0.3 is 23.7 Å². The van der Waals surface area contributed by atoms with Crippen LogP contribution >= 0.6 is 15.9 Å². The molecule has 0 aromatic carbocycles. The van der Waals surface area contributed by atoms with Gasteiger partial charge in [-0.25, -0.2) is 9.78 Å². The van der Waals surface area contributed by atoms with Crippen molar-refractivity contribution in [3.05, 3.63) is 22.9 Å². The van der Waals surface area contributed by atoms with Crippen LogP contribution in [0.4, 0.5) is 4.79 Å². The van der Waals surface area contributed by atoms with Crippen molar-refractivity contribution in [1.82, 2.24) is 14.5 Å². The van der Waals surface area contributed by atoms with E-state index in [1.165, 1.54) is 0 Å². The number of fused-ring (bicyclic) bond motifs is 1. The highest BCUT2D eigenvalue weighted by Crippen LogP contribution is 2.36. The van der Waals surface area contributed by atoms with Crippen LogP contribution in [0.15, 0.2) is 22.9 Å². The monoisotopic (exact) mass is 553 g/mol. The van der Waals surface area contributed by atoms with Crippen molar-refractivity contribution in [3.63, 3.8) is 0 Å². The molecular formula is C25H40BrN3O4Si-. The van der Waals surface area contributed by atoms with E-state index in [0.29, 0.717) is 26.4 Å². The highest BCUT2D eigenvalue weighted by atomic mass is 79.9. The van der Waals surface area contributed by atoms with Gasteiger partial charge in [-0.05, 0) is 55.6 Å². The molecule has 0 radical (unpaired) electrons. The average Bonchev–Trinajstić information content (AvgIpc) is 3.04. The molecule has 1 aliphatic rings. The minimum absolute atomic E-state index is 0.0108. The summed E-state index contributed by atoms with van der Waals surface area (Å²) in [7, 11) is -1.12. The Kier molecular flexibility index (Phi) is 8.40. The first-order valence-corrected chi connectivity index (χ1v) is 16.6. The fourth-order valence-electron chi connectivity index (χ4n) is 3.85. The normalized spacial score (nSPS) is 16.6. The highest BCUT2D eigenvalue weighted by Gasteiger charge is 2.34. The van der Waals surface area contributed by atoms with Crippen molar-refractivity contribution in [1.29, 1.82) is 0 Å². The van der Waals surface area contributed by atoms with E-state index in [4.69, 9.17) is 14.2 Å². The lowest BCUT2D eigenvalue weighted by molar-refractivity contribution is 0.00602. The molecule has 1 aliphatic heterocycles. The number of carbonyl (C=O) groups excluding carboxylic acids is 1. The number of piperidine rings is 1. The summed E-state index contributed by atoms with van der Waals surface area (Å²) in [5, 5.41) is 0.964. The first-order chi connectivity index (χ1) is 15.8. The Morgan fingerprint density at radius 3 is 2.53 bits per heavy atom. The second-order valence-corrected chi connectivity index (χ2v) is 18.3. The van der Waals surface area contributed by atoms with Gasteiger partial charge in [0.15, 0.2) is 0 Å². The Morgan fingerprint density at radius 2 is 1.91 bits per heavy atom. The fourth-order valence-corrected chi connectivity index (χ4v) is 5.23. The third-order valence-corrected chi connectivity index (χ3v) is 8.40. The predicted octanol–water partition coefficient (Wildman–Crippen LogP) is 6.53. The van der Waals surface area contributed by atoms with E-state index in [1.54, 1.807) is 11.1 Å². The van der Waals surface area contributed by atoms with E-state index in [9.17, 15) is 4.79 Å². The van der Waals surface area contributed by atoms with Crippen LogP contribution in [-0.2, 0) is 16.2 Å². The first-order valence-electron chi connectivity index (χ1n) is 12.1. The summed E-state index contributed by atoms with van der Waals surface area (Å²) in [6, 6.07) is 3.06. The third kappa shape index (κ3) is 7.46. The number of aromatic nitrogens is 2. The van der Waals surface area contributed by atoms with Crippen molar-refractivity contribution in [3.8, 4) is 5.75 Å². The topological polar surface area (TPSA) is 65.8 Å². The summed E-state index contributed by atoms with van der Waals surface area (Å²) in [6.07, 6.45) is 5.31.